The van der Waals surface area contributed by atoms with E-state index in [1.54, 1.807) is 4.57 Å². The van der Waals surface area contributed by atoms with Crippen LogP contribution in [-0.4, -0.2) is 61.9 Å². The molecule has 0 bridgehead atoms. The Morgan fingerprint density at radius 2 is 2.11 bits per heavy atom. The summed E-state index contributed by atoms with van der Waals surface area (Å²) in [5.74, 6) is 0.614. The van der Waals surface area contributed by atoms with Gasteiger partial charge in [-0.15, -0.1) is 0 Å². The lowest BCUT2D eigenvalue weighted by Gasteiger charge is -2.31. The maximum absolute atomic E-state index is 12.5. The molecule has 0 saturated carbocycles. The molecular weight excluding hydrogens is 348 g/mol. The minimum absolute atomic E-state index is 0.0122. The minimum atomic E-state index is -0.220. The van der Waals surface area contributed by atoms with Crippen molar-refractivity contribution in [1.82, 2.24) is 24.4 Å². The van der Waals surface area contributed by atoms with Crippen LogP contribution in [0, 0.1) is 5.92 Å². The number of aliphatic hydroxyl groups excluding tert-OH is 1. The van der Waals surface area contributed by atoms with Crippen LogP contribution in [0.5, 0.6) is 6.01 Å². The van der Waals surface area contributed by atoms with Gasteiger partial charge in [0.1, 0.15) is 5.52 Å². The van der Waals surface area contributed by atoms with Crippen LogP contribution in [0.4, 0.5) is 5.82 Å². The van der Waals surface area contributed by atoms with Crippen molar-refractivity contribution < 1.29 is 9.84 Å². The standard InChI is InChI=1S/C18H30N6O3/c1-3-4-12(2)27-17-21-15(19)14-16(22-17)24(18(26)20-14)11-13-5-7-23(8-6-13)9-10-25/h12-13,25H,3-11H2,1-2H3,(H,20,26)(H2,19,21,22)/t12-/m0/s1. The molecule has 4 N–H and O–H groups in total. The Morgan fingerprint density at radius 3 is 2.78 bits per heavy atom. The zero-order valence-electron chi connectivity index (χ0n) is 16.1. The SMILES string of the molecule is CCC[C@H](C)Oc1nc(N)c2[nH]c(=O)n(CC3CCN(CCO)CC3)c2n1. The van der Waals surface area contributed by atoms with Gasteiger partial charge in [0.05, 0.1) is 12.7 Å². The van der Waals surface area contributed by atoms with Gasteiger partial charge in [0.2, 0.25) is 0 Å². The van der Waals surface area contributed by atoms with Crippen molar-refractivity contribution in [1.29, 1.82) is 0 Å². The van der Waals surface area contributed by atoms with E-state index in [1.165, 1.54) is 0 Å². The number of hydrogen-bond acceptors (Lipinski definition) is 7. The molecule has 0 aliphatic carbocycles. The van der Waals surface area contributed by atoms with Gasteiger partial charge in [0, 0.05) is 13.1 Å². The number of likely N-dealkylation sites (tertiary alicyclic amines) is 1. The second-order valence-corrected chi connectivity index (χ2v) is 7.36. The molecule has 2 aromatic rings. The van der Waals surface area contributed by atoms with Gasteiger partial charge in [-0.2, -0.15) is 9.97 Å². The Labute approximate surface area is 158 Å². The first-order valence-electron chi connectivity index (χ1n) is 9.77. The zero-order valence-corrected chi connectivity index (χ0v) is 16.1. The summed E-state index contributed by atoms with van der Waals surface area (Å²) in [5, 5.41) is 9.07. The van der Waals surface area contributed by atoms with Gasteiger partial charge in [-0.3, -0.25) is 4.57 Å². The Kier molecular flexibility index (Phi) is 6.33. The van der Waals surface area contributed by atoms with Gasteiger partial charge >= 0.3 is 11.7 Å². The third kappa shape index (κ3) is 4.59. The Balaban J connectivity index is 1.79. The van der Waals surface area contributed by atoms with E-state index in [4.69, 9.17) is 15.6 Å². The highest BCUT2D eigenvalue weighted by Gasteiger charge is 2.22. The molecule has 27 heavy (non-hydrogen) atoms. The Morgan fingerprint density at radius 1 is 1.37 bits per heavy atom. The third-order valence-corrected chi connectivity index (χ3v) is 5.20. The molecule has 9 nitrogen and oxygen atoms in total. The van der Waals surface area contributed by atoms with Crippen LogP contribution in [-0.2, 0) is 6.54 Å². The van der Waals surface area contributed by atoms with Crippen LogP contribution < -0.4 is 16.2 Å². The van der Waals surface area contributed by atoms with E-state index in [2.05, 4.69) is 26.8 Å². The molecule has 1 saturated heterocycles. The fraction of sp³-hybridized carbons (Fsp3) is 0.722. The molecule has 1 aliphatic heterocycles. The van der Waals surface area contributed by atoms with Crippen LogP contribution in [0.1, 0.15) is 39.5 Å². The first kappa shape index (κ1) is 19.6. The van der Waals surface area contributed by atoms with Crippen molar-refractivity contribution >= 4 is 17.0 Å². The van der Waals surface area contributed by atoms with Crippen LogP contribution >= 0.6 is 0 Å². The molecule has 9 heteroatoms. The van der Waals surface area contributed by atoms with Crippen molar-refractivity contribution in [3.05, 3.63) is 10.5 Å². The number of rotatable bonds is 8. The summed E-state index contributed by atoms with van der Waals surface area (Å²) in [5.41, 5.74) is 6.78. The molecule has 1 fully saturated rings. The lowest BCUT2D eigenvalue weighted by Crippen LogP contribution is -2.37. The Bertz CT molecular complexity index is 809. The van der Waals surface area contributed by atoms with Crippen molar-refractivity contribution in [3.63, 3.8) is 0 Å². The van der Waals surface area contributed by atoms with Gasteiger partial charge < -0.3 is 25.5 Å². The summed E-state index contributed by atoms with van der Waals surface area (Å²) >= 11 is 0. The van der Waals surface area contributed by atoms with E-state index in [-0.39, 0.29) is 30.2 Å². The lowest BCUT2D eigenvalue weighted by molar-refractivity contribution is 0.141. The number of β-amino-alcohol motifs (C(OH)–C–C–N with tert-alkyl or cyclic N) is 1. The van der Waals surface area contributed by atoms with Crippen molar-refractivity contribution in [2.24, 2.45) is 5.92 Å². The van der Waals surface area contributed by atoms with E-state index in [1.807, 2.05) is 6.92 Å². The van der Waals surface area contributed by atoms with Gasteiger partial charge in [0.15, 0.2) is 11.5 Å². The highest BCUT2D eigenvalue weighted by atomic mass is 16.5. The number of aliphatic hydroxyl groups is 1. The smallest absolute Gasteiger partial charge is 0.327 e. The maximum Gasteiger partial charge on any atom is 0.327 e. The number of nitrogens with zero attached hydrogens (tertiary/aromatic N) is 4. The van der Waals surface area contributed by atoms with Crippen LogP contribution in [0.25, 0.3) is 11.2 Å². The topological polar surface area (TPSA) is 122 Å². The first-order valence-corrected chi connectivity index (χ1v) is 9.77. The molecule has 3 rings (SSSR count). The largest absolute Gasteiger partial charge is 0.460 e. The molecular formula is C18H30N6O3. The molecule has 0 amide bonds. The number of hydrogen-bond donors (Lipinski definition) is 3. The average molecular weight is 378 g/mol. The molecule has 0 aromatic carbocycles. The number of imidazole rings is 1. The van der Waals surface area contributed by atoms with Crippen molar-refractivity contribution in [2.45, 2.75) is 52.2 Å². The molecule has 0 radical (unpaired) electrons. The summed E-state index contributed by atoms with van der Waals surface area (Å²) in [6.07, 6.45) is 3.85. The molecule has 150 valence electrons. The molecule has 3 heterocycles. The van der Waals surface area contributed by atoms with Gasteiger partial charge in [-0.05, 0) is 45.2 Å². The van der Waals surface area contributed by atoms with E-state index < -0.39 is 0 Å². The van der Waals surface area contributed by atoms with Crippen molar-refractivity contribution in [3.8, 4) is 6.01 Å². The number of piperidine rings is 1. The summed E-state index contributed by atoms with van der Waals surface area (Å²) < 4.78 is 7.43. The maximum atomic E-state index is 12.5. The van der Waals surface area contributed by atoms with E-state index >= 15 is 0 Å². The van der Waals surface area contributed by atoms with E-state index in [0.29, 0.717) is 30.2 Å². The fourth-order valence-corrected chi connectivity index (χ4v) is 3.69. The number of ether oxygens (including phenoxy) is 1. The molecule has 1 atom stereocenters. The molecule has 0 unspecified atom stereocenters. The minimum Gasteiger partial charge on any atom is -0.460 e. The summed E-state index contributed by atoms with van der Waals surface area (Å²) in [7, 11) is 0. The number of nitrogens with one attached hydrogen (secondary N) is 1. The fourth-order valence-electron chi connectivity index (χ4n) is 3.69. The highest BCUT2D eigenvalue weighted by molar-refractivity contribution is 5.81. The first-order chi connectivity index (χ1) is 13.0. The predicted molar refractivity (Wildman–Crippen MR) is 104 cm³/mol. The molecule has 1 aliphatic rings. The van der Waals surface area contributed by atoms with Crippen LogP contribution in [0.2, 0.25) is 0 Å². The number of aromatic amines is 1. The van der Waals surface area contributed by atoms with Gasteiger partial charge in [0.25, 0.3) is 0 Å². The predicted octanol–water partition coefficient (Wildman–Crippen LogP) is 0.974. The summed E-state index contributed by atoms with van der Waals surface area (Å²) in [6, 6.07) is 0.214. The summed E-state index contributed by atoms with van der Waals surface area (Å²) in [4.78, 5) is 26.1. The zero-order chi connectivity index (χ0) is 19.4. The van der Waals surface area contributed by atoms with E-state index in [0.717, 1.165) is 38.8 Å². The second-order valence-electron chi connectivity index (χ2n) is 7.36. The number of anilines is 1. The van der Waals surface area contributed by atoms with E-state index in [9.17, 15) is 4.79 Å². The quantitative estimate of drug-likeness (QED) is 0.625. The molecule has 0 spiro atoms. The number of nitrogen functional groups attached to an aromatic ring is 1. The van der Waals surface area contributed by atoms with Crippen molar-refractivity contribution in [2.75, 3.05) is 32.0 Å². The Hall–Kier alpha value is -2.13. The second kappa shape index (κ2) is 8.71. The molecule has 2 aromatic heterocycles. The number of H-pyrrole nitrogens is 1. The monoisotopic (exact) mass is 378 g/mol. The number of nitrogens with two attached hydrogens (primary N) is 1. The third-order valence-electron chi connectivity index (χ3n) is 5.20. The highest BCUT2D eigenvalue weighted by Crippen LogP contribution is 2.23. The van der Waals surface area contributed by atoms with Crippen LogP contribution in [0.3, 0.4) is 0 Å². The summed E-state index contributed by atoms with van der Waals surface area (Å²) in [6.45, 7) is 7.41. The van der Waals surface area contributed by atoms with Gasteiger partial charge in [-0.1, -0.05) is 13.3 Å². The average Bonchev–Trinajstić information content (AvgIpc) is 2.94. The van der Waals surface area contributed by atoms with Gasteiger partial charge in [-0.25, -0.2) is 4.79 Å². The number of fused-ring (bicyclic) bond motifs is 1. The number of aromatic nitrogens is 4. The normalized spacial score (nSPS) is 17.4. The lowest BCUT2D eigenvalue weighted by atomic mass is 9.97. The van der Waals surface area contributed by atoms with Crippen LogP contribution in [0.15, 0.2) is 4.79 Å².